The summed E-state index contributed by atoms with van der Waals surface area (Å²) in [6.07, 6.45) is 17.0. The fourth-order valence-electron chi connectivity index (χ4n) is 11.3. The van der Waals surface area contributed by atoms with Crippen LogP contribution in [0, 0.1) is 34.5 Å². The summed E-state index contributed by atoms with van der Waals surface area (Å²) in [7, 11) is 3.32. The SMILES string of the molecule is C.C.C=CC1CN2CCC1CC2[C@@H](O)c1ccnc2ccc(OC)cc12.C=CC1CN2CCC1CC2[C@@H](O)c1ccnc2ccc(OC)cc12.CCCCC(CC)(CO)C(=O)O.CCCC[C@](CC)(CO)C(=O)O.[B]. The average molecular weight is 1040 g/mol. The molecule has 8 heterocycles. The van der Waals surface area contributed by atoms with E-state index in [4.69, 9.17) is 29.9 Å². The number of aromatic nitrogens is 2. The summed E-state index contributed by atoms with van der Waals surface area (Å²) in [6, 6.07) is 15.9. The molecule has 0 aliphatic carbocycles. The largest absolute Gasteiger partial charge is 0.497 e. The summed E-state index contributed by atoms with van der Waals surface area (Å²) in [4.78, 5) is 35.4. The van der Waals surface area contributed by atoms with Gasteiger partial charge in [0.05, 0.1) is 61.5 Å². The van der Waals surface area contributed by atoms with E-state index >= 15 is 0 Å². The third-order valence-corrected chi connectivity index (χ3v) is 16.5. The van der Waals surface area contributed by atoms with Gasteiger partial charge in [-0.3, -0.25) is 29.4 Å². The molecular formula is C60H92BN4O10. The average Bonchev–Trinajstić information content (AvgIpc) is 3.43. The Bertz CT molecular complexity index is 2220. The van der Waals surface area contributed by atoms with Crippen molar-refractivity contribution in [3.05, 3.63) is 97.4 Å². The third-order valence-electron chi connectivity index (χ3n) is 16.5. The van der Waals surface area contributed by atoms with Gasteiger partial charge in [0.2, 0.25) is 0 Å². The lowest BCUT2D eigenvalue weighted by Crippen LogP contribution is -2.54. The van der Waals surface area contributed by atoms with Gasteiger partial charge in [-0.2, -0.15) is 0 Å². The second kappa shape index (κ2) is 31.4. The number of nitrogens with zero attached hydrogens (tertiary/aromatic N) is 4. The van der Waals surface area contributed by atoms with Crippen molar-refractivity contribution < 1.29 is 49.7 Å². The second-order valence-corrected chi connectivity index (χ2v) is 20.4. The minimum atomic E-state index is -0.893. The molecule has 15 heteroatoms. The maximum atomic E-state index is 11.2. The number of aliphatic carboxylic acids is 2. The molecule has 4 bridgehead atoms. The van der Waals surface area contributed by atoms with Crippen LogP contribution in [-0.4, -0.2) is 136 Å². The number of rotatable bonds is 20. The van der Waals surface area contributed by atoms with Gasteiger partial charge in [0.25, 0.3) is 0 Å². The topological polar surface area (TPSA) is 206 Å². The molecule has 6 aliphatic heterocycles. The molecule has 0 amide bonds. The van der Waals surface area contributed by atoms with Crippen molar-refractivity contribution in [2.45, 2.75) is 144 Å². The Morgan fingerprint density at radius 1 is 0.680 bits per heavy atom. The van der Waals surface area contributed by atoms with E-state index in [9.17, 15) is 19.8 Å². The standard InChI is InChI=1S/2C20H24N2O2.2C9H18O3.2CH4.B/c2*1-3-13-12-22-9-7-14(13)10-19(22)20(23)16-6-8-21-18-5-4-15(24-2)11-17(16)18;2*1-3-5-6-9(4-2,7-10)8(11)12;;;/h2*3-6,8,11,13-14,19-20,23H,1,7,9-10,12H2,2H3;2*10H,3-7H2,1-2H3,(H,11,12);2*1H4;/t2*13?,14?,19?,20-;9-;;;;/m001..../s1. The molecule has 4 aromatic rings. The molecule has 2 aromatic carbocycles. The van der Waals surface area contributed by atoms with Crippen molar-refractivity contribution in [3.63, 3.8) is 0 Å². The summed E-state index contributed by atoms with van der Waals surface area (Å²) in [5.74, 6) is 2.27. The number of hydrogen-bond donors (Lipinski definition) is 6. The van der Waals surface area contributed by atoms with Crippen molar-refractivity contribution in [2.24, 2.45) is 34.5 Å². The number of benzene rings is 2. The fourth-order valence-corrected chi connectivity index (χ4v) is 11.3. The number of fused-ring (bicyclic) bond motifs is 8. The Morgan fingerprint density at radius 2 is 1.05 bits per heavy atom. The number of unbranched alkanes of at least 4 members (excludes halogenated alkanes) is 2. The lowest BCUT2D eigenvalue weighted by atomic mass is 9.73. The highest BCUT2D eigenvalue weighted by atomic mass is 16.5. The maximum Gasteiger partial charge on any atom is 0.311 e. The number of carboxylic acids is 2. The molecular weight excluding hydrogens is 947 g/mol. The molecule has 10 rings (SSSR count). The zero-order valence-electron chi connectivity index (χ0n) is 44.4. The number of ether oxygens (including phenoxy) is 2. The first-order valence-electron chi connectivity index (χ1n) is 26.3. The van der Waals surface area contributed by atoms with E-state index in [2.05, 4.69) is 45.1 Å². The molecule has 6 aliphatic rings. The van der Waals surface area contributed by atoms with Gasteiger partial charge in [-0.05, 0) is 148 Å². The van der Waals surface area contributed by atoms with Crippen LogP contribution in [0.25, 0.3) is 21.8 Å². The van der Waals surface area contributed by atoms with Gasteiger partial charge in [0.15, 0.2) is 0 Å². The third kappa shape index (κ3) is 15.6. The molecule has 0 spiro atoms. The van der Waals surface area contributed by atoms with Crippen LogP contribution < -0.4 is 9.47 Å². The minimum Gasteiger partial charge on any atom is -0.497 e. The summed E-state index contributed by atoms with van der Waals surface area (Å²) >= 11 is 0. The fraction of sp³-hybridized carbons (Fsp3) is 0.600. The van der Waals surface area contributed by atoms with E-state index in [1.807, 2.05) is 62.4 Å². The molecule has 2 aromatic heterocycles. The Hall–Kier alpha value is -4.90. The van der Waals surface area contributed by atoms with E-state index in [1.54, 1.807) is 40.5 Å². The maximum absolute atomic E-state index is 11.2. The highest BCUT2D eigenvalue weighted by Crippen LogP contribution is 2.44. The number of aliphatic hydroxyl groups excluding tert-OH is 4. The molecule has 3 radical (unpaired) electrons. The monoisotopic (exact) mass is 1040 g/mol. The molecule has 6 N–H and O–H groups in total. The molecule has 9 unspecified atom stereocenters. The van der Waals surface area contributed by atoms with Crippen LogP contribution in [0.5, 0.6) is 11.5 Å². The normalized spacial score (nSPS) is 24.3. The number of methoxy groups -OCH3 is 2. The molecule has 12 atom stereocenters. The van der Waals surface area contributed by atoms with Crippen LogP contribution in [0.1, 0.15) is 143 Å². The first-order chi connectivity index (χ1) is 34.7. The van der Waals surface area contributed by atoms with E-state index in [0.29, 0.717) is 49.4 Å². The van der Waals surface area contributed by atoms with E-state index < -0.39 is 35.0 Å². The van der Waals surface area contributed by atoms with Crippen LogP contribution in [0.2, 0.25) is 0 Å². The zero-order valence-corrected chi connectivity index (χ0v) is 44.4. The molecule has 415 valence electrons. The molecule has 14 nitrogen and oxygen atoms in total. The van der Waals surface area contributed by atoms with Crippen LogP contribution in [0.3, 0.4) is 0 Å². The van der Waals surface area contributed by atoms with Gasteiger partial charge in [-0.25, -0.2) is 0 Å². The van der Waals surface area contributed by atoms with Gasteiger partial charge in [0, 0.05) is 56.8 Å². The summed E-state index contributed by atoms with van der Waals surface area (Å²) in [5.41, 5.74) is 1.91. The summed E-state index contributed by atoms with van der Waals surface area (Å²) in [5, 5.41) is 60.0. The van der Waals surface area contributed by atoms with Crippen molar-refractivity contribution in [3.8, 4) is 11.5 Å². The van der Waals surface area contributed by atoms with Crippen molar-refractivity contribution in [2.75, 3.05) is 53.6 Å². The van der Waals surface area contributed by atoms with Crippen molar-refractivity contribution in [1.29, 1.82) is 0 Å². The Labute approximate surface area is 450 Å². The minimum absolute atomic E-state index is 0. The lowest BCUT2D eigenvalue weighted by molar-refractivity contribution is -0.153. The van der Waals surface area contributed by atoms with Gasteiger partial charge >= 0.3 is 11.9 Å². The molecule has 6 saturated heterocycles. The molecule has 0 saturated carbocycles. The quantitative estimate of drug-likeness (QED) is 0.0360. The number of pyridine rings is 2. The van der Waals surface area contributed by atoms with Crippen LogP contribution in [-0.2, 0) is 9.59 Å². The predicted octanol–water partition coefficient (Wildman–Crippen LogP) is 10.5. The first kappa shape index (κ1) is 66.2. The van der Waals surface area contributed by atoms with E-state index in [1.165, 1.54) is 12.8 Å². The second-order valence-electron chi connectivity index (χ2n) is 20.4. The van der Waals surface area contributed by atoms with Gasteiger partial charge < -0.3 is 40.1 Å². The smallest absolute Gasteiger partial charge is 0.311 e. The number of carboxylic acid groups (broad SMARTS) is 2. The highest BCUT2D eigenvalue weighted by molar-refractivity contribution is 5.85. The van der Waals surface area contributed by atoms with Crippen LogP contribution >= 0.6 is 0 Å². The molecule has 75 heavy (non-hydrogen) atoms. The Morgan fingerprint density at radius 3 is 1.32 bits per heavy atom. The van der Waals surface area contributed by atoms with Crippen LogP contribution in [0.4, 0.5) is 0 Å². The Kier molecular flexibility index (Phi) is 27.7. The zero-order chi connectivity index (χ0) is 52.6. The summed E-state index contributed by atoms with van der Waals surface area (Å²) in [6.45, 7) is 19.3. The van der Waals surface area contributed by atoms with Crippen LogP contribution in [0.15, 0.2) is 86.2 Å². The van der Waals surface area contributed by atoms with Gasteiger partial charge in [-0.15, -0.1) is 13.2 Å². The van der Waals surface area contributed by atoms with Gasteiger partial charge in [0.1, 0.15) is 11.5 Å². The lowest BCUT2D eigenvalue weighted by Gasteiger charge is -2.50. The summed E-state index contributed by atoms with van der Waals surface area (Å²) < 4.78 is 10.7. The highest BCUT2D eigenvalue weighted by Gasteiger charge is 2.44. The van der Waals surface area contributed by atoms with E-state index in [0.717, 1.165) is 109 Å². The predicted molar refractivity (Wildman–Crippen MR) is 303 cm³/mol. The number of piperidine rings is 6. The van der Waals surface area contributed by atoms with E-state index in [-0.39, 0.29) is 48.6 Å². The number of carbonyl (C=O) groups is 2. The molecule has 6 fully saturated rings. The van der Waals surface area contributed by atoms with Crippen molar-refractivity contribution in [1.82, 2.24) is 19.8 Å². The Balaban J connectivity index is 0.000000357. The number of aliphatic hydroxyl groups is 4. The van der Waals surface area contributed by atoms with Gasteiger partial charge in [-0.1, -0.05) is 80.4 Å². The number of hydrogen-bond acceptors (Lipinski definition) is 12. The first-order valence-corrected chi connectivity index (χ1v) is 26.3. The van der Waals surface area contributed by atoms with Crippen molar-refractivity contribution >= 4 is 42.2 Å².